The average Bonchev–Trinajstić information content (AvgIpc) is 2.50. The Hall–Kier alpha value is -1.30. The molecule has 1 aromatic carbocycles. The van der Waals surface area contributed by atoms with Crippen molar-refractivity contribution in [2.45, 2.75) is 65.2 Å². The zero-order valence-corrected chi connectivity index (χ0v) is 13.3. The zero-order valence-electron chi connectivity index (χ0n) is 13.3. The van der Waals surface area contributed by atoms with Crippen molar-refractivity contribution < 1.29 is 0 Å². The summed E-state index contributed by atoms with van der Waals surface area (Å²) in [5.41, 5.74) is 2.73. The van der Waals surface area contributed by atoms with E-state index < -0.39 is 0 Å². The Labute approximate surface area is 125 Å². The molecular weight excluding hydrogens is 240 g/mol. The smallest absolute Gasteiger partial charge is 0.0187 e. The lowest BCUT2D eigenvalue weighted by atomic mass is 10.0. The average molecular weight is 270 g/mol. The summed E-state index contributed by atoms with van der Waals surface area (Å²) in [5, 5.41) is 0. The molecule has 0 nitrogen and oxygen atoms in total. The normalized spacial score (nSPS) is 12.2. The van der Waals surface area contributed by atoms with Crippen LogP contribution in [0.3, 0.4) is 0 Å². The molecule has 0 atom stereocenters. The molecule has 0 fully saturated rings. The first-order valence-electron chi connectivity index (χ1n) is 8.30. The van der Waals surface area contributed by atoms with Gasteiger partial charge < -0.3 is 0 Å². The topological polar surface area (TPSA) is 0 Å². The van der Waals surface area contributed by atoms with Gasteiger partial charge in [-0.1, -0.05) is 94.5 Å². The summed E-state index contributed by atoms with van der Waals surface area (Å²) in [5.74, 6) is 0. The first-order chi connectivity index (χ1) is 9.88. The Morgan fingerprint density at radius 3 is 2.30 bits per heavy atom. The Balaban J connectivity index is 2.59. The summed E-state index contributed by atoms with van der Waals surface area (Å²) in [7, 11) is 0. The molecule has 1 aromatic rings. The molecule has 0 saturated heterocycles. The van der Waals surface area contributed by atoms with E-state index >= 15 is 0 Å². The molecule has 0 N–H and O–H groups in total. The van der Waals surface area contributed by atoms with Crippen LogP contribution in [0.4, 0.5) is 0 Å². The van der Waals surface area contributed by atoms with Gasteiger partial charge in [0.2, 0.25) is 0 Å². The minimum atomic E-state index is 1.19. The van der Waals surface area contributed by atoms with Crippen molar-refractivity contribution >= 4 is 5.57 Å². The van der Waals surface area contributed by atoms with Crippen LogP contribution in [0.5, 0.6) is 0 Å². The first kappa shape index (κ1) is 16.8. The summed E-state index contributed by atoms with van der Waals surface area (Å²) in [6.45, 7) is 4.51. The number of hydrogen-bond acceptors (Lipinski definition) is 0. The van der Waals surface area contributed by atoms with Gasteiger partial charge in [-0.05, 0) is 30.4 Å². The Bertz CT molecular complexity index is 384. The van der Waals surface area contributed by atoms with Gasteiger partial charge in [-0.2, -0.15) is 0 Å². The van der Waals surface area contributed by atoms with Gasteiger partial charge in [-0.3, -0.25) is 0 Å². The van der Waals surface area contributed by atoms with E-state index in [4.69, 9.17) is 0 Å². The van der Waals surface area contributed by atoms with Gasteiger partial charge in [0.05, 0.1) is 0 Å². The maximum absolute atomic E-state index is 2.41. The molecule has 0 unspecified atom stereocenters. The monoisotopic (exact) mass is 270 g/mol. The van der Waals surface area contributed by atoms with Crippen molar-refractivity contribution in [2.75, 3.05) is 0 Å². The lowest BCUT2D eigenvalue weighted by Gasteiger charge is -2.03. The van der Waals surface area contributed by atoms with Gasteiger partial charge in [0.15, 0.2) is 0 Å². The van der Waals surface area contributed by atoms with Crippen LogP contribution in [-0.4, -0.2) is 0 Å². The fourth-order valence-electron chi connectivity index (χ4n) is 2.27. The second-order valence-electron chi connectivity index (χ2n) is 5.42. The second-order valence-corrected chi connectivity index (χ2v) is 5.42. The van der Waals surface area contributed by atoms with Gasteiger partial charge in [0.25, 0.3) is 0 Å². The third-order valence-electron chi connectivity index (χ3n) is 3.55. The van der Waals surface area contributed by atoms with Gasteiger partial charge in [-0.15, -0.1) is 0 Å². The van der Waals surface area contributed by atoms with Crippen LogP contribution in [0.15, 0.2) is 48.6 Å². The standard InChI is InChI=1S/C20H30/c1-3-5-7-9-12-16-19(15-11-8-6-4-2)20-17-13-10-14-18-20/h10-11,13-18H,3-9,12H2,1-2H3/b15-11+,19-16+. The molecule has 0 saturated carbocycles. The summed E-state index contributed by atoms with van der Waals surface area (Å²) in [4.78, 5) is 0. The second kappa shape index (κ2) is 11.5. The van der Waals surface area contributed by atoms with Crippen LogP contribution in [0.25, 0.3) is 5.57 Å². The summed E-state index contributed by atoms with van der Waals surface area (Å²) < 4.78 is 0. The molecule has 0 aromatic heterocycles. The minimum absolute atomic E-state index is 1.19. The van der Waals surface area contributed by atoms with Crippen molar-refractivity contribution in [2.24, 2.45) is 0 Å². The van der Waals surface area contributed by atoms with Crippen LogP contribution in [0.1, 0.15) is 70.8 Å². The van der Waals surface area contributed by atoms with E-state index in [9.17, 15) is 0 Å². The molecule has 0 bridgehead atoms. The van der Waals surface area contributed by atoms with Gasteiger partial charge in [0.1, 0.15) is 0 Å². The van der Waals surface area contributed by atoms with Crippen LogP contribution >= 0.6 is 0 Å². The molecule has 0 spiro atoms. The van der Waals surface area contributed by atoms with E-state index in [1.54, 1.807) is 0 Å². The quantitative estimate of drug-likeness (QED) is 0.324. The van der Waals surface area contributed by atoms with Crippen molar-refractivity contribution in [1.29, 1.82) is 0 Å². The number of allylic oxidation sites excluding steroid dienone is 4. The molecular formula is C20H30. The van der Waals surface area contributed by atoms with Gasteiger partial charge >= 0.3 is 0 Å². The predicted octanol–water partition coefficient (Wildman–Crippen LogP) is 6.79. The first-order valence-corrected chi connectivity index (χ1v) is 8.30. The van der Waals surface area contributed by atoms with E-state index in [2.05, 4.69) is 62.4 Å². The predicted molar refractivity (Wildman–Crippen MR) is 91.8 cm³/mol. The number of rotatable bonds is 10. The highest BCUT2D eigenvalue weighted by Crippen LogP contribution is 2.18. The van der Waals surface area contributed by atoms with E-state index in [1.807, 2.05) is 0 Å². The lowest BCUT2D eigenvalue weighted by molar-refractivity contribution is 0.675. The molecule has 0 aliphatic heterocycles. The number of benzene rings is 1. The third-order valence-corrected chi connectivity index (χ3v) is 3.55. The van der Waals surface area contributed by atoms with E-state index in [0.717, 1.165) is 0 Å². The van der Waals surface area contributed by atoms with Gasteiger partial charge in [0, 0.05) is 0 Å². The number of hydrogen-bond donors (Lipinski definition) is 0. The molecule has 0 amide bonds. The SMILES string of the molecule is CCCC/C=C/C(=C\CCCCCC)c1ccccc1. The fraction of sp³-hybridized carbons (Fsp3) is 0.500. The van der Waals surface area contributed by atoms with Crippen molar-refractivity contribution in [1.82, 2.24) is 0 Å². The van der Waals surface area contributed by atoms with Gasteiger partial charge in [-0.25, -0.2) is 0 Å². The Morgan fingerprint density at radius 1 is 0.850 bits per heavy atom. The van der Waals surface area contributed by atoms with Crippen LogP contribution in [0.2, 0.25) is 0 Å². The minimum Gasteiger partial charge on any atom is -0.0839 e. The summed E-state index contributed by atoms with van der Waals surface area (Å²) >= 11 is 0. The number of unbranched alkanes of at least 4 members (excludes halogenated alkanes) is 6. The van der Waals surface area contributed by atoms with E-state index in [1.165, 1.54) is 62.5 Å². The molecule has 0 aliphatic carbocycles. The highest BCUT2D eigenvalue weighted by molar-refractivity contribution is 5.73. The van der Waals surface area contributed by atoms with E-state index in [-0.39, 0.29) is 0 Å². The summed E-state index contributed by atoms with van der Waals surface area (Å²) in [6.07, 6.45) is 17.3. The van der Waals surface area contributed by atoms with Crippen LogP contribution < -0.4 is 0 Å². The molecule has 0 heterocycles. The molecule has 1 rings (SSSR count). The molecule has 110 valence electrons. The van der Waals surface area contributed by atoms with Crippen molar-refractivity contribution in [3.8, 4) is 0 Å². The highest BCUT2D eigenvalue weighted by atomic mass is 14.0. The maximum Gasteiger partial charge on any atom is -0.0187 e. The summed E-state index contributed by atoms with van der Waals surface area (Å²) in [6, 6.07) is 10.8. The highest BCUT2D eigenvalue weighted by Gasteiger charge is 1.96. The largest absolute Gasteiger partial charge is 0.0839 e. The van der Waals surface area contributed by atoms with E-state index in [0.29, 0.717) is 0 Å². The maximum atomic E-state index is 2.41. The molecule has 0 radical (unpaired) electrons. The van der Waals surface area contributed by atoms with Crippen LogP contribution in [-0.2, 0) is 0 Å². The zero-order chi connectivity index (χ0) is 14.5. The molecule has 0 heteroatoms. The molecule has 0 aliphatic rings. The van der Waals surface area contributed by atoms with Crippen molar-refractivity contribution in [3.63, 3.8) is 0 Å². The van der Waals surface area contributed by atoms with Crippen LogP contribution in [0, 0.1) is 0 Å². The van der Waals surface area contributed by atoms with Crippen molar-refractivity contribution in [3.05, 3.63) is 54.1 Å². The Morgan fingerprint density at radius 2 is 1.60 bits per heavy atom. The Kier molecular flexibility index (Phi) is 9.65. The molecule has 20 heavy (non-hydrogen) atoms. The fourth-order valence-corrected chi connectivity index (χ4v) is 2.27. The third kappa shape index (κ3) is 7.33. The lowest BCUT2D eigenvalue weighted by Crippen LogP contribution is -1.82.